The van der Waals surface area contributed by atoms with Crippen molar-refractivity contribution in [3.05, 3.63) is 24.3 Å². The van der Waals surface area contributed by atoms with Crippen molar-refractivity contribution >= 4 is 5.91 Å². The number of amides is 1. The van der Waals surface area contributed by atoms with Crippen molar-refractivity contribution in [1.82, 2.24) is 5.32 Å². The fraction of sp³-hybridized carbons (Fsp3) is 0.857. The van der Waals surface area contributed by atoms with Gasteiger partial charge < -0.3 is 20.6 Å². The van der Waals surface area contributed by atoms with Crippen LogP contribution in [0.5, 0.6) is 0 Å². The van der Waals surface area contributed by atoms with E-state index in [4.69, 9.17) is 0 Å². The zero-order valence-electron chi connectivity index (χ0n) is 26.5. The molecule has 5 nitrogen and oxygen atoms in total. The number of carbonyl (C=O) groups excluding carboxylic acids is 1. The third-order valence-electron chi connectivity index (χ3n) is 7.79. The second kappa shape index (κ2) is 30.8. The molecule has 1 amide bonds. The van der Waals surface area contributed by atoms with E-state index >= 15 is 0 Å². The second-order valence-corrected chi connectivity index (χ2v) is 11.7. The smallest absolute Gasteiger partial charge is 0.249 e. The normalized spacial score (nSPS) is 14.2. The molecule has 0 spiro atoms. The quantitative estimate of drug-likeness (QED) is 0.0518. The average Bonchev–Trinajstić information content (AvgIpc) is 2.96. The van der Waals surface area contributed by atoms with Crippen molar-refractivity contribution in [1.29, 1.82) is 0 Å². The Hall–Kier alpha value is -1.17. The Morgan fingerprint density at radius 1 is 0.600 bits per heavy atom. The first-order chi connectivity index (χ1) is 19.6. The summed E-state index contributed by atoms with van der Waals surface area (Å²) in [6, 6.07) is -0.807. The van der Waals surface area contributed by atoms with Gasteiger partial charge in [0.25, 0.3) is 0 Å². The Bertz CT molecular complexity index is 592. The summed E-state index contributed by atoms with van der Waals surface area (Å²) < 4.78 is 0. The second-order valence-electron chi connectivity index (χ2n) is 11.7. The Kier molecular flexibility index (Phi) is 29.9. The van der Waals surface area contributed by atoms with E-state index < -0.39 is 24.2 Å². The molecule has 0 saturated carbocycles. The van der Waals surface area contributed by atoms with E-state index in [0.717, 1.165) is 38.5 Å². The van der Waals surface area contributed by atoms with Gasteiger partial charge >= 0.3 is 0 Å². The summed E-state index contributed by atoms with van der Waals surface area (Å²) in [5, 5.41) is 32.8. The van der Waals surface area contributed by atoms with Gasteiger partial charge in [0.15, 0.2) is 0 Å². The first-order valence-corrected chi connectivity index (χ1v) is 17.2. The number of unbranched alkanes of at least 4 members (excludes halogenated alkanes) is 20. The Labute approximate surface area is 248 Å². The van der Waals surface area contributed by atoms with Crippen LogP contribution in [0.1, 0.15) is 168 Å². The van der Waals surface area contributed by atoms with E-state index in [1.165, 1.54) is 109 Å². The van der Waals surface area contributed by atoms with Gasteiger partial charge in [0.1, 0.15) is 6.10 Å². The van der Waals surface area contributed by atoms with Gasteiger partial charge in [0, 0.05) is 0 Å². The number of carbonyl (C=O) groups is 1. The van der Waals surface area contributed by atoms with Crippen LogP contribution in [0.15, 0.2) is 24.3 Å². The van der Waals surface area contributed by atoms with Crippen LogP contribution in [-0.2, 0) is 4.79 Å². The molecule has 0 heterocycles. The number of hydrogen-bond donors (Lipinski definition) is 4. The SMILES string of the molecule is CCCCCCCCCC=CCCC=C[C@@H](O)[C@H](CO)NC(=O)[C@H](O)CCCCCCCCCCCCCCC. The molecule has 0 fully saturated rings. The van der Waals surface area contributed by atoms with Gasteiger partial charge in [-0.15, -0.1) is 0 Å². The zero-order valence-corrected chi connectivity index (χ0v) is 26.5. The lowest BCUT2D eigenvalue weighted by atomic mass is 10.0. The Morgan fingerprint density at radius 2 is 1.02 bits per heavy atom. The van der Waals surface area contributed by atoms with Gasteiger partial charge in [-0.25, -0.2) is 0 Å². The molecule has 0 radical (unpaired) electrons. The molecule has 0 aromatic heterocycles. The van der Waals surface area contributed by atoms with Crippen molar-refractivity contribution in [2.75, 3.05) is 6.61 Å². The zero-order chi connectivity index (χ0) is 29.5. The number of nitrogens with one attached hydrogen (secondary N) is 1. The molecule has 0 aliphatic heterocycles. The lowest BCUT2D eigenvalue weighted by Gasteiger charge is -2.21. The third kappa shape index (κ3) is 25.8. The Morgan fingerprint density at radius 3 is 1.52 bits per heavy atom. The minimum absolute atomic E-state index is 0.374. The number of aliphatic hydroxyl groups excluding tert-OH is 3. The highest BCUT2D eigenvalue weighted by atomic mass is 16.3. The van der Waals surface area contributed by atoms with Gasteiger partial charge in [-0.05, 0) is 32.1 Å². The molecule has 0 rings (SSSR count). The standard InChI is InChI=1S/C35H67NO4/c1-3-5-7-9-11-13-15-17-19-21-23-25-27-29-33(38)32(31-37)36-35(40)34(39)30-28-26-24-22-20-18-16-14-12-10-8-6-4-2/h19,21,27,29,32-34,37-39H,3-18,20,22-26,28,30-31H2,1-2H3,(H,36,40)/t32-,33+,34+/m0/s1. The fourth-order valence-corrected chi connectivity index (χ4v) is 5.02. The van der Waals surface area contributed by atoms with Crippen LogP contribution in [-0.4, -0.2) is 46.1 Å². The lowest BCUT2D eigenvalue weighted by molar-refractivity contribution is -0.131. The summed E-state index contributed by atoms with van der Waals surface area (Å²) in [7, 11) is 0. The van der Waals surface area contributed by atoms with Crippen molar-refractivity contribution < 1.29 is 20.1 Å². The largest absolute Gasteiger partial charge is 0.394 e. The average molecular weight is 566 g/mol. The first-order valence-electron chi connectivity index (χ1n) is 17.2. The maximum Gasteiger partial charge on any atom is 0.249 e. The number of hydrogen-bond acceptors (Lipinski definition) is 4. The van der Waals surface area contributed by atoms with Gasteiger partial charge in [-0.2, -0.15) is 0 Å². The van der Waals surface area contributed by atoms with Crippen LogP contribution in [0.2, 0.25) is 0 Å². The number of rotatable bonds is 30. The van der Waals surface area contributed by atoms with Crippen LogP contribution >= 0.6 is 0 Å². The molecule has 40 heavy (non-hydrogen) atoms. The first kappa shape index (κ1) is 38.8. The number of aliphatic hydroxyl groups is 3. The van der Waals surface area contributed by atoms with Crippen molar-refractivity contribution in [2.24, 2.45) is 0 Å². The van der Waals surface area contributed by atoms with Gasteiger partial charge in [-0.1, -0.05) is 160 Å². The summed E-state index contributed by atoms with van der Waals surface area (Å²) in [5.74, 6) is -0.515. The summed E-state index contributed by atoms with van der Waals surface area (Å²) in [5.41, 5.74) is 0. The van der Waals surface area contributed by atoms with Crippen LogP contribution in [0.4, 0.5) is 0 Å². The minimum atomic E-state index is -1.10. The topological polar surface area (TPSA) is 89.8 Å². The van der Waals surface area contributed by atoms with E-state index in [1.54, 1.807) is 6.08 Å². The van der Waals surface area contributed by atoms with E-state index in [9.17, 15) is 20.1 Å². The molecule has 0 saturated heterocycles. The summed E-state index contributed by atoms with van der Waals surface area (Å²) >= 11 is 0. The van der Waals surface area contributed by atoms with E-state index in [1.807, 2.05) is 6.08 Å². The van der Waals surface area contributed by atoms with Crippen LogP contribution in [0, 0.1) is 0 Å². The van der Waals surface area contributed by atoms with Gasteiger partial charge in [-0.3, -0.25) is 4.79 Å². The Balaban J connectivity index is 3.82. The molecular formula is C35H67NO4. The molecule has 0 unspecified atom stereocenters. The summed E-state index contributed by atoms with van der Waals surface area (Å²) in [6.45, 7) is 4.13. The van der Waals surface area contributed by atoms with Gasteiger partial charge in [0.2, 0.25) is 5.91 Å². The maximum atomic E-state index is 12.3. The fourth-order valence-electron chi connectivity index (χ4n) is 5.02. The highest BCUT2D eigenvalue weighted by Crippen LogP contribution is 2.14. The summed E-state index contributed by atoms with van der Waals surface area (Å²) in [4.78, 5) is 12.3. The molecule has 0 aliphatic rings. The van der Waals surface area contributed by atoms with Crippen LogP contribution in [0.3, 0.4) is 0 Å². The maximum absolute atomic E-state index is 12.3. The lowest BCUT2D eigenvalue weighted by Crippen LogP contribution is -2.48. The molecule has 5 heteroatoms. The van der Waals surface area contributed by atoms with E-state index in [0.29, 0.717) is 6.42 Å². The van der Waals surface area contributed by atoms with Gasteiger partial charge in [0.05, 0.1) is 18.8 Å². The van der Waals surface area contributed by atoms with Crippen molar-refractivity contribution in [3.8, 4) is 0 Å². The van der Waals surface area contributed by atoms with Crippen LogP contribution < -0.4 is 5.32 Å². The third-order valence-corrected chi connectivity index (χ3v) is 7.79. The monoisotopic (exact) mass is 566 g/mol. The van der Waals surface area contributed by atoms with Crippen molar-refractivity contribution in [2.45, 2.75) is 186 Å². The molecule has 3 atom stereocenters. The molecule has 236 valence electrons. The molecule has 0 bridgehead atoms. The molecule has 0 aromatic carbocycles. The van der Waals surface area contributed by atoms with E-state index in [-0.39, 0.29) is 6.61 Å². The highest BCUT2D eigenvalue weighted by Gasteiger charge is 2.22. The van der Waals surface area contributed by atoms with Crippen LogP contribution in [0.25, 0.3) is 0 Å². The minimum Gasteiger partial charge on any atom is -0.394 e. The van der Waals surface area contributed by atoms with E-state index in [2.05, 4.69) is 31.3 Å². The summed E-state index contributed by atoms with van der Waals surface area (Å²) in [6.07, 6.45) is 34.7. The molecule has 4 N–H and O–H groups in total. The molecular weight excluding hydrogens is 498 g/mol. The predicted molar refractivity (Wildman–Crippen MR) is 171 cm³/mol. The highest BCUT2D eigenvalue weighted by molar-refractivity contribution is 5.80. The molecule has 0 aromatic rings. The molecule has 0 aliphatic carbocycles. The predicted octanol–water partition coefficient (Wildman–Crippen LogP) is 8.70. The van der Waals surface area contributed by atoms with Crippen molar-refractivity contribution in [3.63, 3.8) is 0 Å². The number of allylic oxidation sites excluding steroid dienone is 3.